The van der Waals surface area contributed by atoms with Gasteiger partial charge in [0, 0.05) is 25.5 Å². The van der Waals surface area contributed by atoms with Crippen LogP contribution < -0.4 is 15.4 Å². The Kier molecular flexibility index (Phi) is 10.3. The molecule has 0 radical (unpaired) electrons. The van der Waals surface area contributed by atoms with Crippen molar-refractivity contribution in [3.8, 4) is 11.4 Å². The van der Waals surface area contributed by atoms with Crippen molar-refractivity contribution in [2.45, 2.75) is 26.2 Å². The Morgan fingerprint density at radius 3 is 2.59 bits per heavy atom. The lowest BCUT2D eigenvalue weighted by atomic mass is 10.1. The molecule has 3 N–H and O–H groups in total. The van der Waals surface area contributed by atoms with Crippen molar-refractivity contribution in [3.63, 3.8) is 0 Å². The minimum Gasteiger partial charge on any atom is -0.435 e. The quantitative estimate of drug-likeness (QED) is 0.212. The molecule has 172 valence electrons. The Morgan fingerprint density at radius 1 is 1.16 bits per heavy atom. The molecule has 1 heterocycles. The van der Waals surface area contributed by atoms with Crippen molar-refractivity contribution in [2.75, 3.05) is 13.1 Å². The first-order chi connectivity index (χ1) is 15.0. The van der Waals surface area contributed by atoms with Crippen LogP contribution in [0.25, 0.3) is 5.69 Å². The van der Waals surface area contributed by atoms with Gasteiger partial charge in [-0.2, -0.15) is 13.9 Å². The Labute approximate surface area is 202 Å². The fraction of sp³-hybridized carbons (Fsp3) is 0.273. The summed E-state index contributed by atoms with van der Waals surface area (Å²) in [5, 5.41) is 20.9. The molecule has 0 saturated heterocycles. The van der Waals surface area contributed by atoms with Gasteiger partial charge in [-0.15, -0.1) is 24.0 Å². The maximum Gasteiger partial charge on any atom is 0.387 e. The van der Waals surface area contributed by atoms with Crippen LogP contribution >= 0.6 is 24.0 Å². The smallest absolute Gasteiger partial charge is 0.387 e. The first kappa shape index (κ1) is 25.5. The average molecular weight is 557 g/mol. The van der Waals surface area contributed by atoms with E-state index in [9.17, 15) is 13.9 Å². The van der Waals surface area contributed by atoms with E-state index < -0.39 is 12.7 Å². The third kappa shape index (κ3) is 7.75. The van der Waals surface area contributed by atoms with E-state index in [4.69, 9.17) is 0 Å². The number of guanidine groups is 1. The number of aliphatic imine (C=N–C) groups is 1. The number of nitrogens with one attached hydrogen (secondary N) is 2. The van der Waals surface area contributed by atoms with Crippen LogP contribution in [0.2, 0.25) is 0 Å². The van der Waals surface area contributed by atoms with Crippen LogP contribution in [0.15, 0.2) is 72.0 Å². The lowest BCUT2D eigenvalue weighted by Gasteiger charge is -2.16. The number of aliphatic hydroxyl groups is 1. The monoisotopic (exact) mass is 557 g/mol. The number of aliphatic hydroxyl groups excluding tert-OH is 1. The molecule has 1 aromatic heterocycles. The van der Waals surface area contributed by atoms with Crippen LogP contribution in [0.1, 0.15) is 24.2 Å². The van der Waals surface area contributed by atoms with Gasteiger partial charge < -0.3 is 20.5 Å². The largest absolute Gasteiger partial charge is 0.435 e. The van der Waals surface area contributed by atoms with Gasteiger partial charge >= 0.3 is 6.61 Å². The molecular weight excluding hydrogens is 531 g/mol. The molecular formula is C22H26F2IN5O2. The summed E-state index contributed by atoms with van der Waals surface area (Å²) in [5.74, 6) is 0.606. The topological polar surface area (TPSA) is 83.7 Å². The average Bonchev–Trinajstić information content (AvgIpc) is 3.31. The number of benzene rings is 2. The summed E-state index contributed by atoms with van der Waals surface area (Å²) in [6.07, 6.45) is 2.76. The Morgan fingerprint density at radius 2 is 1.94 bits per heavy atom. The standard InChI is InChI=1S/C22H25F2N5O2.HI/c1-2-25-22(26-14-16-5-3-6-18(13-16)29-12-4-11-28-29)27-15-20(30)17-7-9-19(10-8-17)31-21(23)24;/h3-13,20-21,30H,2,14-15H2,1H3,(H2,25,26,27);1H. The van der Waals surface area contributed by atoms with Gasteiger partial charge in [0.15, 0.2) is 5.96 Å². The Hall–Kier alpha value is -2.73. The van der Waals surface area contributed by atoms with Crippen molar-refractivity contribution >= 4 is 29.9 Å². The molecule has 0 bridgehead atoms. The van der Waals surface area contributed by atoms with E-state index in [0.717, 1.165) is 11.3 Å². The van der Waals surface area contributed by atoms with E-state index in [-0.39, 0.29) is 36.3 Å². The van der Waals surface area contributed by atoms with Crippen LogP contribution in [0.4, 0.5) is 8.78 Å². The maximum atomic E-state index is 12.2. The van der Waals surface area contributed by atoms with Crippen molar-refractivity contribution in [3.05, 3.63) is 78.1 Å². The highest BCUT2D eigenvalue weighted by atomic mass is 127. The second kappa shape index (κ2) is 13.0. The first-order valence-electron chi connectivity index (χ1n) is 9.89. The second-order valence-electron chi connectivity index (χ2n) is 6.66. The highest BCUT2D eigenvalue weighted by molar-refractivity contribution is 14.0. The normalized spacial score (nSPS) is 12.2. The van der Waals surface area contributed by atoms with Crippen LogP contribution in [0, 0.1) is 0 Å². The number of nitrogens with zero attached hydrogens (tertiary/aromatic N) is 3. The fourth-order valence-corrected chi connectivity index (χ4v) is 2.91. The third-order valence-corrected chi connectivity index (χ3v) is 4.40. The van der Waals surface area contributed by atoms with E-state index >= 15 is 0 Å². The lowest BCUT2D eigenvalue weighted by Crippen LogP contribution is -2.39. The van der Waals surface area contributed by atoms with Crippen molar-refractivity contribution in [1.29, 1.82) is 0 Å². The maximum absolute atomic E-state index is 12.2. The van der Waals surface area contributed by atoms with Crippen LogP contribution in [0.5, 0.6) is 5.75 Å². The van der Waals surface area contributed by atoms with Crippen molar-refractivity contribution < 1.29 is 18.6 Å². The van der Waals surface area contributed by atoms with Gasteiger partial charge in [-0.05, 0) is 48.4 Å². The Bertz CT molecular complexity index is 969. The van der Waals surface area contributed by atoms with Crippen LogP contribution in [-0.4, -0.2) is 40.5 Å². The second-order valence-corrected chi connectivity index (χ2v) is 6.66. The zero-order valence-corrected chi connectivity index (χ0v) is 19.8. The molecule has 0 aliphatic carbocycles. The number of aromatic nitrogens is 2. The van der Waals surface area contributed by atoms with E-state index in [1.807, 2.05) is 43.5 Å². The number of ether oxygens (including phenoxy) is 1. The summed E-state index contributed by atoms with van der Waals surface area (Å²) < 4.78 is 30.6. The molecule has 3 aromatic rings. The molecule has 10 heteroatoms. The lowest BCUT2D eigenvalue weighted by molar-refractivity contribution is -0.0498. The fourth-order valence-electron chi connectivity index (χ4n) is 2.91. The predicted molar refractivity (Wildman–Crippen MR) is 130 cm³/mol. The highest BCUT2D eigenvalue weighted by Crippen LogP contribution is 2.19. The predicted octanol–water partition coefficient (Wildman–Crippen LogP) is 3.88. The molecule has 1 unspecified atom stereocenters. The molecule has 0 aliphatic heterocycles. The van der Waals surface area contributed by atoms with Crippen LogP contribution in [-0.2, 0) is 6.54 Å². The molecule has 1 atom stereocenters. The molecule has 3 rings (SSSR count). The summed E-state index contributed by atoms with van der Waals surface area (Å²) in [4.78, 5) is 4.57. The van der Waals surface area contributed by atoms with Crippen molar-refractivity contribution in [1.82, 2.24) is 20.4 Å². The number of alkyl halides is 2. The molecule has 0 saturated carbocycles. The van der Waals surface area contributed by atoms with E-state index in [2.05, 4.69) is 25.5 Å². The third-order valence-electron chi connectivity index (χ3n) is 4.40. The number of rotatable bonds is 9. The number of halogens is 3. The number of hydrogen-bond donors (Lipinski definition) is 3. The van der Waals surface area contributed by atoms with E-state index in [1.165, 1.54) is 12.1 Å². The minimum absolute atomic E-state index is 0. The zero-order chi connectivity index (χ0) is 22.1. The van der Waals surface area contributed by atoms with E-state index in [1.54, 1.807) is 23.0 Å². The molecule has 0 spiro atoms. The molecule has 0 amide bonds. The van der Waals surface area contributed by atoms with Gasteiger partial charge in [-0.1, -0.05) is 24.3 Å². The van der Waals surface area contributed by atoms with Gasteiger partial charge in [0.1, 0.15) is 5.75 Å². The summed E-state index contributed by atoms with van der Waals surface area (Å²) in [7, 11) is 0. The van der Waals surface area contributed by atoms with Crippen LogP contribution in [0.3, 0.4) is 0 Å². The van der Waals surface area contributed by atoms with Gasteiger partial charge in [0.05, 0.1) is 18.3 Å². The minimum atomic E-state index is -2.88. The number of hydrogen-bond acceptors (Lipinski definition) is 4. The Balaban J connectivity index is 0.00000363. The van der Waals surface area contributed by atoms with Crippen molar-refractivity contribution in [2.24, 2.45) is 4.99 Å². The highest BCUT2D eigenvalue weighted by Gasteiger charge is 2.10. The first-order valence-corrected chi connectivity index (χ1v) is 9.89. The summed E-state index contributed by atoms with van der Waals surface area (Å²) >= 11 is 0. The molecule has 32 heavy (non-hydrogen) atoms. The molecule has 0 aliphatic rings. The molecule has 7 nitrogen and oxygen atoms in total. The molecule has 2 aromatic carbocycles. The summed E-state index contributed by atoms with van der Waals surface area (Å²) in [6, 6.07) is 15.7. The van der Waals surface area contributed by atoms with Gasteiger partial charge in [0.25, 0.3) is 0 Å². The van der Waals surface area contributed by atoms with Gasteiger partial charge in [-0.25, -0.2) is 9.67 Å². The summed E-state index contributed by atoms with van der Waals surface area (Å²) in [6.45, 7) is 0.383. The SMILES string of the molecule is CCNC(=NCc1cccc(-n2cccn2)c1)NCC(O)c1ccc(OC(F)F)cc1.I. The van der Waals surface area contributed by atoms with Gasteiger partial charge in [0.2, 0.25) is 0 Å². The van der Waals surface area contributed by atoms with Gasteiger partial charge in [-0.3, -0.25) is 0 Å². The zero-order valence-electron chi connectivity index (χ0n) is 17.5. The summed E-state index contributed by atoms with van der Waals surface area (Å²) in [5.41, 5.74) is 2.54. The molecule has 0 fully saturated rings. The van der Waals surface area contributed by atoms with E-state index in [0.29, 0.717) is 24.6 Å².